The van der Waals surface area contributed by atoms with Crippen LogP contribution in [0.15, 0.2) is 24.3 Å². The van der Waals surface area contributed by atoms with Gasteiger partial charge < -0.3 is 10.1 Å². The largest absolute Gasteiger partial charge is 0.480 e. The lowest BCUT2D eigenvalue weighted by atomic mass is 10.3. The number of benzene rings is 1. The first-order valence-electron chi connectivity index (χ1n) is 5.07. The molecule has 18 heavy (non-hydrogen) atoms. The molecule has 94 valence electrons. The molecular weight excluding hydrogens is 256 g/mol. The third kappa shape index (κ3) is 2.54. The molecule has 0 amide bonds. The van der Waals surface area contributed by atoms with Crippen molar-refractivity contribution in [3.05, 3.63) is 40.1 Å². The van der Waals surface area contributed by atoms with E-state index < -0.39 is 4.92 Å². The van der Waals surface area contributed by atoms with Crippen LogP contribution in [-0.2, 0) is 6.61 Å². The summed E-state index contributed by atoms with van der Waals surface area (Å²) in [5.41, 5.74) is 0.562. The number of nitrogens with one attached hydrogen (secondary N) is 1. The lowest BCUT2D eigenvalue weighted by molar-refractivity contribution is -0.385. The van der Waals surface area contributed by atoms with Gasteiger partial charge in [0.15, 0.2) is 5.75 Å². The number of nitro benzene ring substituents is 1. The van der Waals surface area contributed by atoms with Gasteiger partial charge in [-0.3, -0.25) is 10.1 Å². The Hall–Kier alpha value is -2.22. The topological polar surface area (TPSA) is 90.2 Å². The zero-order valence-corrected chi connectivity index (χ0v) is 10.3. The molecule has 0 unspecified atom stereocenters. The van der Waals surface area contributed by atoms with E-state index in [4.69, 9.17) is 4.74 Å². The van der Waals surface area contributed by atoms with Crippen LogP contribution in [0.2, 0.25) is 0 Å². The predicted molar refractivity (Wildman–Crippen MR) is 66.9 cm³/mol. The number of hydrogen-bond donors (Lipinski definition) is 1. The molecule has 2 aromatic rings. The van der Waals surface area contributed by atoms with Crippen LogP contribution in [0.5, 0.6) is 5.75 Å². The number of ether oxygens (including phenoxy) is 1. The number of aromatic nitrogens is 2. The van der Waals surface area contributed by atoms with E-state index in [1.54, 1.807) is 25.2 Å². The average Bonchev–Trinajstić information content (AvgIpc) is 2.84. The fourth-order valence-corrected chi connectivity index (χ4v) is 1.89. The van der Waals surface area contributed by atoms with Crippen molar-refractivity contribution in [1.82, 2.24) is 9.59 Å². The zero-order valence-electron chi connectivity index (χ0n) is 9.49. The Morgan fingerprint density at radius 2 is 2.28 bits per heavy atom. The molecule has 0 aliphatic heterocycles. The molecule has 0 aliphatic rings. The van der Waals surface area contributed by atoms with Gasteiger partial charge in [-0.25, -0.2) is 0 Å². The van der Waals surface area contributed by atoms with Gasteiger partial charge in [0.05, 0.1) is 4.92 Å². The van der Waals surface area contributed by atoms with E-state index in [1.807, 2.05) is 0 Å². The summed E-state index contributed by atoms with van der Waals surface area (Å²) in [4.78, 5) is 10.3. The fourth-order valence-electron chi connectivity index (χ4n) is 1.37. The van der Waals surface area contributed by atoms with Gasteiger partial charge in [0.2, 0.25) is 0 Å². The molecule has 2 rings (SSSR count). The Labute approximate surface area is 107 Å². The molecular formula is C10H10N4O3S. The van der Waals surface area contributed by atoms with Crippen LogP contribution >= 0.6 is 11.5 Å². The molecule has 1 aromatic heterocycles. The molecule has 0 atom stereocenters. The number of nitro groups is 1. The van der Waals surface area contributed by atoms with Gasteiger partial charge in [-0.15, -0.1) is 5.10 Å². The SMILES string of the molecule is CNc1snnc1COc1ccccc1[N+](=O)[O-]. The molecule has 8 heteroatoms. The molecule has 0 aliphatic carbocycles. The van der Waals surface area contributed by atoms with Gasteiger partial charge in [-0.1, -0.05) is 16.6 Å². The maximum atomic E-state index is 10.8. The van der Waals surface area contributed by atoms with Crippen molar-refractivity contribution in [2.75, 3.05) is 12.4 Å². The fraction of sp³-hybridized carbons (Fsp3) is 0.200. The second-order valence-corrected chi connectivity index (χ2v) is 4.07. The van der Waals surface area contributed by atoms with E-state index >= 15 is 0 Å². The van der Waals surface area contributed by atoms with Crippen molar-refractivity contribution >= 4 is 22.2 Å². The summed E-state index contributed by atoms with van der Waals surface area (Å²) in [6.07, 6.45) is 0. The molecule has 0 saturated heterocycles. The van der Waals surface area contributed by atoms with Crippen LogP contribution < -0.4 is 10.1 Å². The summed E-state index contributed by atoms with van der Waals surface area (Å²) in [6, 6.07) is 6.22. The van der Waals surface area contributed by atoms with Crippen LogP contribution in [0.4, 0.5) is 10.7 Å². The van der Waals surface area contributed by atoms with E-state index in [-0.39, 0.29) is 18.0 Å². The highest BCUT2D eigenvalue weighted by atomic mass is 32.1. The van der Waals surface area contributed by atoms with Crippen molar-refractivity contribution < 1.29 is 9.66 Å². The van der Waals surface area contributed by atoms with Gasteiger partial charge in [-0.05, 0) is 6.07 Å². The van der Waals surface area contributed by atoms with Crippen LogP contribution in [0.1, 0.15) is 5.69 Å². The number of rotatable bonds is 5. The molecule has 0 saturated carbocycles. The second kappa shape index (κ2) is 5.41. The maximum absolute atomic E-state index is 10.8. The summed E-state index contributed by atoms with van der Waals surface area (Å²) >= 11 is 1.21. The predicted octanol–water partition coefficient (Wildman–Crippen LogP) is 2.07. The van der Waals surface area contributed by atoms with Crippen molar-refractivity contribution in [2.24, 2.45) is 0 Å². The van der Waals surface area contributed by atoms with Gasteiger partial charge in [0, 0.05) is 24.6 Å². The van der Waals surface area contributed by atoms with Crippen LogP contribution in [0.25, 0.3) is 0 Å². The van der Waals surface area contributed by atoms with Crippen molar-refractivity contribution in [1.29, 1.82) is 0 Å². The summed E-state index contributed by atoms with van der Waals surface area (Å²) in [5.74, 6) is 0.220. The van der Waals surface area contributed by atoms with Crippen molar-refractivity contribution in [3.63, 3.8) is 0 Å². The maximum Gasteiger partial charge on any atom is 0.310 e. The Balaban J connectivity index is 2.13. The van der Waals surface area contributed by atoms with E-state index in [9.17, 15) is 10.1 Å². The molecule has 0 radical (unpaired) electrons. The molecule has 0 bridgehead atoms. The van der Waals surface area contributed by atoms with E-state index in [2.05, 4.69) is 14.9 Å². The molecule has 1 N–H and O–H groups in total. The molecule has 7 nitrogen and oxygen atoms in total. The third-order valence-corrected chi connectivity index (χ3v) is 2.99. The number of anilines is 1. The third-order valence-electron chi connectivity index (χ3n) is 2.21. The van der Waals surface area contributed by atoms with E-state index in [0.29, 0.717) is 5.69 Å². The molecule has 1 heterocycles. The normalized spacial score (nSPS) is 10.1. The first kappa shape index (κ1) is 12.2. The van der Waals surface area contributed by atoms with Crippen molar-refractivity contribution in [2.45, 2.75) is 6.61 Å². The molecule has 1 aromatic carbocycles. The van der Waals surface area contributed by atoms with E-state index in [0.717, 1.165) is 5.00 Å². The summed E-state index contributed by atoms with van der Waals surface area (Å²) < 4.78 is 9.19. The van der Waals surface area contributed by atoms with Crippen LogP contribution in [-0.4, -0.2) is 21.6 Å². The Kier molecular flexibility index (Phi) is 3.68. The van der Waals surface area contributed by atoms with Gasteiger partial charge in [0.1, 0.15) is 17.3 Å². The highest BCUT2D eigenvalue weighted by Gasteiger charge is 2.15. The first-order valence-corrected chi connectivity index (χ1v) is 5.85. The lowest BCUT2D eigenvalue weighted by Crippen LogP contribution is -2.01. The van der Waals surface area contributed by atoms with Gasteiger partial charge >= 0.3 is 5.69 Å². The summed E-state index contributed by atoms with van der Waals surface area (Å²) in [7, 11) is 1.75. The standard InChI is InChI=1S/C10H10N4O3S/c1-11-10-7(12-13-18-10)6-17-9-5-3-2-4-8(9)14(15)16/h2-5,11H,6H2,1H3. The second-order valence-electron chi connectivity index (χ2n) is 3.31. The van der Waals surface area contributed by atoms with Crippen LogP contribution in [0, 0.1) is 10.1 Å². The number of para-hydroxylation sites is 2. The minimum Gasteiger partial charge on any atom is -0.480 e. The Morgan fingerprint density at radius 3 is 3.00 bits per heavy atom. The van der Waals surface area contributed by atoms with E-state index in [1.165, 1.54) is 17.6 Å². The highest BCUT2D eigenvalue weighted by Crippen LogP contribution is 2.27. The number of nitrogens with zero attached hydrogens (tertiary/aromatic N) is 3. The summed E-state index contributed by atoms with van der Waals surface area (Å²) in [6.45, 7) is 0.136. The monoisotopic (exact) mass is 266 g/mol. The lowest BCUT2D eigenvalue weighted by Gasteiger charge is -2.05. The van der Waals surface area contributed by atoms with Crippen LogP contribution in [0.3, 0.4) is 0 Å². The van der Waals surface area contributed by atoms with Crippen molar-refractivity contribution in [3.8, 4) is 5.75 Å². The zero-order chi connectivity index (χ0) is 13.0. The minimum absolute atomic E-state index is 0.0632. The molecule has 0 spiro atoms. The van der Waals surface area contributed by atoms with Gasteiger partial charge in [-0.2, -0.15) is 0 Å². The average molecular weight is 266 g/mol. The Morgan fingerprint density at radius 1 is 1.50 bits per heavy atom. The smallest absolute Gasteiger partial charge is 0.310 e. The number of hydrogen-bond acceptors (Lipinski definition) is 7. The highest BCUT2D eigenvalue weighted by molar-refractivity contribution is 7.10. The quantitative estimate of drug-likeness (QED) is 0.658. The molecule has 0 fully saturated rings. The summed E-state index contributed by atoms with van der Waals surface area (Å²) in [5, 5.41) is 18.4. The first-order chi connectivity index (χ1) is 8.72. The Bertz CT molecular complexity index is 558. The van der Waals surface area contributed by atoms with Gasteiger partial charge in [0.25, 0.3) is 0 Å². The minimum atomic E-state index is -0.479.